The summed E-state index contributed by atoms with van der Waals surface area (Å²) in [7, 11) is 1.55. The standard InChI is InChI=1S/C8H7N3O2S/c1-13-7-4-6(14-11-7)5-2-3-9-8(12)10-5/h2-4H,1H3,(H,9,10,12). The van der Waals surface area contributed by atoms with E-state index in [1.165, 1.54) is 17.7 Å². The number of H-pyrrole nitrogens is 1. The van der Waals surface area contributed by atoms with Crippen LogP contribution in [-0.4, -0.2) is 21.5 Å². The summed E-state index contributed by atoms with van der Waals surface area (Å²) < 4.78 is 8.96. The van der Waals surface area contributed by atoms with Crippen molar-refractivity contribution in [3.63, 3.8) is 0 Å². The SMILES string of the molecule is COc1cc(-c2ccnc(=O)[nH]2)sn1. The van der Waals surface area contributed by atoms with Crippen molar-refractivity contribution in [2.24, 2.45) is 0 Å². The van der Waals surface area contributed by atoms with Gasteiger partial charge in [-0.2, -0.15) is 4.37 Å². The molecule has 2 heterocycles. The largest absolute Gasteiger partial charge is 0.480 e. The van der Waals surface area contributed by atoms with Crippen molar-refractivity contribution in [2.75, 3.05) is 7.11 Å². The maximum atomic E-state index is 10.9. The van der Waals surface area contributed by atoms with Crippen molar-refractivity contribution >= 4 is 11.5 Å². The van der Waals surface area contributed by atoms with E-state index in [2.05, 4.69) is 14.3 Å². The molecule has 0 aliphatic carbocycles. The lowest BCUT2D eigenvalue weighted by Crippen LogP contribution is -2.08. The molecule has 14 heavy (non-hydrogen) atoms. The number of aromatic nitrogens is 3. The molecule has 2 aromatic heterocycles. The second kappa shape index (κ2) is 3.59. The maximum Gasteiger partial charge on any atom is 0.345 e. The van der Waals surface area contributed by atoms with Crippen molar-refractivity contribution in [3.05, 3.63) is 28.8 Å². The molecule has 0 unspecified atom stereocenters. The van der Waals surface area contributed by atoms with E-state index in [-0.39, 0.29) is 5.69 Å². The Hall–Kier alpha value is -1.69. The average Bonchev–Trinajstić information content (AvgIpc) is 2.66. The van der Waals surface area contributed by atoms with Crippen LogP contribution < -0.4 is 10.4 Å². The molecule has 6 heteroatoms. The third kappa shape index (κ3) is 1.64. The van der Waals surface area contributed by atoms with Gasteiger partial charge in [-0.15, -0.1) is 0 Å². The smallest absolute Gasteiger partial charge is 0.345 e. The predicted molar refractivity (Wildman–Crippen MR) is 52.5 cm³/mol. The van der Waals surface area contributed by atoms with Gasteiger partial charge in [0.05, 0.1) is 17.7 Å². The second-order valence-electron chi connectivity index (χ2n) is 2.52. The van der Waals surface area contributed by atoms with Crippen LogP contribution in [0.3, 0.4) is 0 Å². The van der Waals surface area contributed by atoms with Gasteiger partial charge in [0.25, 0.3) is 0 Å². The zero-order valence-corrected chi connectivity index (χ0v) is 8.17. The highest BCUT2D eigenvalue weighted by molar-refractivity contribution is 7.09. The molecular formula is C8H7N3O2S. The summed E-state index contributed by atoms with van der Waals surface area (Å²) in [4.78, 5) is 17.9. The van der Waals surface area contributed by atoms with Crippen molar-refractivity contribution < 1.29 is 4.74 Å². The van der Waals surface area contributed by atoms with Crippen molar-refractivity contribution in [1.82, 2.24) is 14.3 Å². The first-order valence-electron chi connectivity index (χ1n) is 3.86. The molecule has 0 bridgehead atoms. The predicted octanol–water partition coefficient (Wildman–Crippen LogP) is 0.902. The van der Waals surface area contributed by atoms with E-state index < -0.39 is 0 Å². The molecule has 0 fully saturated rings. The van der Waals surface area contributed by atoms with Crippen LogP contribution >= 0.6 is 11.5 Å². The van der Waals surface area contributed by atoms with Gasteiger partial charge in [0.1, 0.15) is 0 Å². The van der Waals surface area contributed by atoms with Crippen molar-refractivity contribution in [3.8, 4) is 16.5 Å². The van der Waals surface area contributed by atoms with E-state index >= 15 is 0 Å². The summed E-state index contributed by atoms with van der Waals surface area (Å²) in [6.07, 6.45) is 1.46. The molecule has 72 valence electrons. The summed E-state index contributed by atoms with van der Waals surface area (Å²) in [5.41, 5.74) is 0.334. The Morgan fingerprint density at radius 2 is 2.43 bits per heavy atom. The summed E-state index contributed by atoms with van der Waals surface area (Å²) >= 11 is 1.26. The van der Waals surface area contributed by atoms with E-state index in [4.69, 9.17) is 4.74 Å². The Morgan fingerprint density at radius 3 is 3.07 bits per heavy atom. The maximum absolute atomic E-state index is 10.9. The van der Waals surface area contributed by atoms with E-state index in [9.17, 15) is 4.79 Å². The fourth-order valence-corrected chi connectivity index (χ4v) is 1.68. The second-order valence-corrected chi connectivity index (χ2v) is 3.33. The fraction of sp³-hybridized carbons (Fsp3) is 0.125. The first kappa shape index (κ1) is 8.89. The van der Waals surface area contributed by atoms with E-state index in [0.717, 1.165) is 4.88 Å². The summed E-state index contributed by atoms with van der Waals surface area (Å²) in [5.74, 6) is 0.544. The fourth-order valence-electron chi connectivity index (χ4n) is 0.995. The lowest BCUT2D eigenvalue weighted by atomic mass is 10.3. The van der Waals surface area contributed by atoms with Gasteiger partial charge in [-0.1, -0.05) is 0 Å². The molecule has 2 rings (SSSR count). The quantitative estimate of drug-likeness (QED) is 0.798. The average molecular weight is 209 g/mol. The van der Waals surface area contributed by atoms with Gasteiger partial charge in [0.2, 0.25) is 5.88 Å². The van der Waals surface area contributed by atoms with E-state index in [1.54, 1.807) is 19.2 Å². The summed E-state index contributed by atoms with van der Waals surface area (Å²) in [6, 6.07) is 3.48. The van der Waals surface area contributed by atoms with Crippen LogP contribution in [0.15, 0.2) is 23.1 Å². The van der Waals surface area contributed by atoms with Gasteiger partial charge in [-0.25, -0.2) is 9.78 Å². The molecule has 0 amide bonds. The van der Waals surface area contributed by atoms with E-state index in [0.29, 0.717) is 11.6 Å². The molecule has 5 nitrogen and oxygen atoms in total. The Balaban J connectivity index is 2.44. The molecule has 0 atom stereocenters. The summed E-state index contributed by atoms with van der Waals surface area (Å²) in [5, 5.41) is 0. The minimum Gasteiger partial charge on any atom is -0.480 e. The number of rotatable bonds is 2. The number of hydrogen-bond donors (Lipinski definition) is 1. The normalized spacial score (nSPS) is 10.1. The van der Waals surface area contributed by atoms with Crippen LogP contribution in [0, 0.1) is 0 Å². The van der Waals surface area contributed by atoms with Gasteiger partial charge in [-0.05, 0) is 17.6 Å². The molecule has 0 saturated carbocycles. The Bertz CT molecular complexity index is 491. The van der Waals surface area contributed by atoms with Gasteiger partial charge in [-0.3, -0.25) is 0 Å². The zero-order valence-electron chi connectivity index (χ0n) is 7.35. The number of ether oxygens (including phenoxy) is 1. The summed E-state index contributed by atoms with van der Waals surface area (Å²) in [6.45, 7) is 0. The third-order valence-electron chi connectivity index (χ3n) is 1.64. The lowest BCUT2D eigenvalue weighted by Gasteiger charge is -1.92. The molecule has 0 radical (unpaired) electrons. The Morgan fingerprint density at radius 1 is 1.57 bits per heavy atom. The number of methoxy groups -OCH3 is 1. The third-order valence-corrected chi connectivity index (χ3v) is 2.44. The number of nitrogens with zero attached hydrogens (tertiary/aromatic N) is 2. The highest BCUT2D eigenvalue weighted by atomic mass is 32.1. The molecule has 1 N–H and O–H groups in total. The molecule has 0 aliphatic heterocycles. The highest BCUT2D eigenvalue weighted by Crippen LogP contribution is 2.24. The van der Waals surface area contributed by atoms with Gasteiger partial charge in [0, 0.05) is 12.3 Å². The number of aromatic amines is 1. The molecule has 0 spiro atoms. The Labute approximate surface area is 83.6 Å². The highest BCUT2D eigenvalue weighted by Gasteiger charge is 2.04. The molecule has 0 saturated heterocycles. The Kier molecular flexibility index (Phi) is 2.28. The first-order valence-corrected chi connectivity index (χ1v) is 4.63. The van der Waals surface area contributed by atoms with Crippen LogP contribution in [0.5, 0.6) is 5.88 Å². The molecule has 0 aliphatic rings. The molecule has 2 aromatic rings. The minimum atomic E-state index is -0.366. The van der Waals surface area contributed by atoms with Gasteiger partial charge >= 0.3 is 5.69 Å². The van der Waals surface area contributed by atoms with Crippen LogP contribution in [0.2, 0.25) is 0 Å². The van der Waals surface area contributed by atoms with Gasteiger partial charge < -0.3 is 9.72 Å². The first-order chi connectivity index (χ1) is 6.79. The lowest BCUT2D eigenvalue weighted by molar-refractivity contribution is 0.403. The van der Waals surface area contributed by atoms with Crippen LogP contribution in [0.4, 0.5) is 0 Å². The van der Waals surface area contributed by atoms with Crippen LogP contribution in [0.25, 0.3) is 10.6 Å². The van der Waals surface area contributed by atoms with Crippen LogP contribution in [-0.2, 0) is 0 Å². The topological polar surface area (TPSA) is 67.9 Å². The minimum absolute atomic E-state index is 0.366. The molecule has 0 aromatic carbocycles. The van der Waals surface area contributed by atoms with Gasteiger partial charge in [0.15, 0.2) is 0 Å². The monoisotopic (exact) mass is 209 g/mol. The number of hydrogen-bond acceptors (Lipinski definition) is 5. The van der Waals surface area contributed by atoms with Crippen molar-refractivity contribution in [1.29, 1.82) is 0 Å². The number of nitrogens with one attached hydrogen (secondary N) is 1. The van der Waals surface area contributed by atoms with E-state index in [1.807, 2.05) is 0 Å². The zero-order chi connectivity index (χ0) is 9.97. The van der Waals surface area contributed by atoms with Crippen LogP contribution in [0.1, 0.15) is 0 Å². The van der Waals surface area contributed by atoms with Crippen molar-refractivity contribution in [2.45, 2.75) is 0 Å². The molecular weight excluding hydrogens is 202 g/mol.